The molecule has 7 N–H and O–H groups in total. The molecular formula is C13H19N3O8. The zero-order chi connectivity index (χ0) is 17.6. The SMILES string of the molecule is Nc1ccn([C@]2(C3OC[C@H](O)[C@H]3O)O[C@H](CO)[C@@H](O)[C@H]2O)c(=O)n1. The maximum atomic E-state index is 12.3. The van der Waals surface area contributed by atoms with Gasteiger partial charge in [-0.05, 0) is 6.07 Å². The molecular weight excluding hydrogens is 326 g/mol. The van der Waals surface area contributed by atoms with Crippen molar-refractivity contribution >= 4 is 5.82 Å². The summed E-state index contributed by atoms with van der Waals surface area (Å²) in [5.41, 5.74) is 2.43. The highest BCUT2D eigenvalue weighted by Crippen LogP contribution is 2.42. The largest absolute Gasteiger partial charge is 0.394 e. The highest BCUT2D eigenvalue weighted by atomic mass is 16.6. The van der Waals surface area contributed by atoms with Gasteiger partial charge in [-0.15, -0.1) is 0 Å². The van der Waals surface area contributed by atoms with E-state index < -0.39 is 54.6 Å². The maximum Gasteiger partial charge on any atom is 0.352 e. The fourth-order valence-electron chi connectivity index (χ4n) is 3.19. The van der Waals surface area contributed by atoms with Gasteiger partial charge in [-0.25, -0.2) is 4.79 Å². The molecule has 0 amide bonds. The van der Waals surface area contributed by atoms with E-state index in [1.165, 1.54) is 12.3 Å². The summed E-state index contributed by atoms with van der Waals surface area (Å²) >= 11 is 0. The predicted octanol–water partition coefficient (Wildman–Crippen LogP) is -4.29. The van der Waals surface area contributed by atoms with Gasteiger partial charge in [-0.3, -0.25) is 4.57 Å². The molecule has 2 aliphatic heterocycles. The molecule has 2 aliphatic rings. The van der Waals surface area contributed by atoms with E-state index in [0.29, 0.717) is 0 Å². The van der Waals surface area contributed by atoms with E-state index in [-0.39, 0.29) is 12.4 Å². The molecule has 3 rings (SSSR count). The number of nitrogen functional groups attached to an aromatic ring is 1. The van der Waals surface area contributed by atoms with Crippen LogP contribution in [0.3, 0.4) is 0 Å². The van der Waals surface area contributed by atoms with Crippen molar-refractivity contribution in [1.82, 2.24) is 9.55 Å². The minimum Gasteiger partial charge on any atom is -0.394 e. The molecule has 11 nitrogen and oxygen atoms in total. The third kappa shape index (κ3) is 2.33. The Balaban J connectivity index is 2.17. The minimum absolute atomic E-state index is 0.0777. The molecule has 0 aromatic carbocycles. The van der Waals surface area contributed by atoms with E-state index in [1.54, 1.807) is 0 Å². The number of anilines is 1. The van der Waals surface area contributed by atoms with Crippen molar-refractivity contribution in [3.63, 3.8) is 0 Å². The van der Waals surface area contributed by atoms with Gasteiger partial charge in [0, 0.05) is 6.20 Å². The zero-order valence-electron chi connectivity index (χ0n) is 12.5. The first-order valence-corrected chi connectivity index (χ1v) is 7.31. The molecule has 2 fully saturated rings. The van der Waals surface area contributed by atoms with Gasteiger partial charge < -0.3 is 40.7 Å². The lowest BCUT2D eigenvalue weighted by Gasteiger charge is -2.39. The summed E-state index contributed by atoms with van der Waals surface area (Å²) in [6.45, 7) is -0.913. The third-order valence-electron chi connectivity index (χ3n) is 4.41. The van der Waals surface area contributed by atoms with E-state index in [9.17, 15) is 30.3 Å². The fraction of sp³-hybridized carbons (Fsp3) is 0.692. The number of hydrogen-bond donors (Lipinski definition) is 6. The van der Waals surface area contributed by atoms with Crippen molar-refractivity contribution in [3.8, 4) is 0 Å². The first-order chi connectivity index (χ1) is 11.3. The second-order valence-corrected chi connectivity index (χ2v) is 5.84. The Morgan fingerprint density at radius 3 is 2.54 bits per heavy atom. The lowest BCUT2D eigenvalue weighted by molar-refractivity contribution is -0.228. The Bertz CT molecular complexity index is 669. The molecule has 0 saturated carbocycles. The zero-order valence-corrected chi connectivity index (χ0v) is 12.5. The highest BCUT2D eigenvalue weighted by molar-refractivity contribution is 5.24. The Morgan fingerprint density at radius 2 is 2.04 bits per heavy atom. The van der Waals surface area contributed by atoms with E-state index >= 15 is 0 Å². The summed E-state index contributed by atoms with van der Waals surface area (Å²) in [5.74, 6) is -0.0777. The second kappa shape index (κ2) is 6.04. The number of ether oxygens (including phenoxy) is 2. The molecule has 7 atom stereocenters. The van der Waals surface area contributed by atoms with E-state index in [1.807, 2.05) is 0 Å². The highest BCUT2D eigenvalue weighted by Gasteiger charge is 2.64. The van der Waals surface area contributed by atoms with Crippen LogP contribution in [-0.2, 0) is 15.2 Å². The molecule has 0 spiro atoms. The van der Waals surface area contributed by atoms with E-state index in [2.05, 4.69) is 4.98 Å². The van der Waals surface area contributed by atoms with Crippen LogP contribution >= 0.6 is 0 Å². The van der Waals surface area contributed by atoms with Gasteiger partial charge in [-0.1, -0.05) is 0 Å². The van der Waals surface area contributed by atoms with E-state index in [0.717, 1.165) is 4.57 Å². The average Bonchev–Trinajstić information content (AvgIpc) is 3.00. The standard InChI is InChI=1S/C13H19N3O8/c14-7-1-2-16(12(22)15-7)13(11-8(19)5(18)4-23-11)10(21)9(20)6(3-17)24-13/h1-2,5-6,8-11,17-21H,3-4H2,(H2,14,15,22)/t5-,6+,8+,9+,10+,11?,13-/m0/s1. The van der Waals surface area contributed by atoms with Gasteiger partial charge in [0.25, 0.3) is 0 Å². The van der Waals surface area contributed by atoms with Gasteiger partial charge in [0.15, 0.2) is 0 Å². The Hall–Kier alpha value is -1.60. The lowest BCUT2D eigenvalue weighted by Crippen LogP contribution is -2.61. The second-order valence-electron chi connectivity index (χ2n) is 5.84. The van der Waals surface area contributed by atoms with Crippen LogP contribution in [-0.4, -0.2) is 84.9 Å². The van der Waals surface area contributed by atoms with Crippen molar-refractivity contribution in [3.05, 3.63) is 22.7 Å². The van der Waals surface area contributed by atoms with Crippen LogP contribution in [0, 0.1) is 0 Å². The molecule has 1 aromatic rings. The predicted molar refractivity (Wildman–Crippen MR) is 76.6 cm³/mol. The molecule has 24 heavy (non-hydrogen) atoms. The fourth-order valence-corrected chi connectivity index (χ4v) is 3.19. The number of aromatic nitrogens is 2. The summed E-state index contributed by atoms with van der Waals surface area (Å²) in [6.07, 6.45) is -7.55. The number of hydrogen-bond acceptors (Lipinski definition) is 10. The van der Waals surface area contributed by atoms with Crippen LogP contribution in [0.5, 0.6) is 0 Å². The van der Waals surface area contributed by atoms with Crippen molar-refractivity contribution in [2.45, 2.75) is 42.3 Å². The van der Waals surface area contributed by atoms with Gasteiger partial charge in [0.2, 0.25) is 5.72 Å². The van der Waals surface area contributed by atoms with Crippen LogP contribution in [0.2, 0.25) is 0 Å². The molecule has 1 unspecified atom stereocenters. The Labute approximate surface area is 135 Å². The lowest BCUT2D eigenvalue weighted by atomic mass is 9.92. The number of aliphatic hydroxyl groups excluding tert-OH is 5. The quantitative estimate of drug-likeness (QED) is 0.314. The van der Waals surface area contributed by atoms with Crippen LogP contribution in [0.1, 0.15) is 0 Å². The summed E-state index contributed by atoms with van der Waals surface area (Å²) in [7, 11) is 0. The van der Waals surface area contributed by atoms with Gasteiger partial charge in [-0.2, -0.15) is 4.98 Å². The van der Waals surface area contributed by atoms with Crippen LogP contribution in [0.4, 0.5) is 5.82 Å². The van der Waals surface area contributed by atoms with E-state index in [4.69, 9.17) is 15.2 Å². The number of nitrogens with zero attached hydrogens (tertiary/aromatic N) is 2. The summed E-state index contributed by atoms with van der Waals surface area (Å²) < 4.78 is 11.7. The first kappa shape index (κ1) is 17.2. The smallest absolute Gasteiger partial charge is 0.352 e. The van der Waals surface area contributed by atoms with Crippen molar-refractivity contribution < 1.29 is 35.0 Å². The summed E-state index contributed by atoms with van der Waals surface area (Å²) in [5, 5.41) is 49.9. The number of nitrogens with two attached hydrogens (primary N) is 1. The minimum atomic E-state index is -2.10. The Morgan fingerprint density at radius 1 is 1.33 bits per heavy atom. The third-order valence-corrected chi connectivity index (χ3v) is 4.41. The van der Waals surface area contributed by atoms with Crippen molar-refractivity contribution in [2.24, 2.45) is 0 Å². The molecule has 11 heteroatoms. The first-order valence-electron chi connectivity index (χ1n) is 7.31. The van der Waals surface area contributed by atoms with Gasteiger partial charge in [0.1, 0.15) is 42.4 Å². The number of aliphatic hydroxyl groups is 5. The number of rotatable bonds is 3. The molecule has 3 heterocycles. The molecule has 0 aliphatic carbocycles. The van der Waals surface area contributed by atoms with Gasteiger partial charge >= 0.3 is 5.69 Å². The molecule has 2 saturated heterocycles. The van der Waals surface area contributed by atoms with Crippen molar-refractivity contribution in [1.29, 1.82) is 0 Å². The van der Waals surface area contributed by atoms with Crippen LogP contribution in [0.25, 0.3) is 0 Å². The maximum absolute atomic E-state index is 12.3. The summed E-state index contributed by atoms with van der Waals surface area (Å²) in [4.78, 5) is 15.8. The molecule has 134 valence electrons. The molecule has 1 aromatic heterocycles. The van der Waals surface area contributed by atoms with Crippen LogP contribution in [0.15, 0.2) is 17.1 Å². The Kier molecular flexibility index (Phi) is 4.34. The summed E-state index contributed by atoms with van der Waals surface area (Å²) in [6, 6.07) is 1.26. The molecule has 0 bridgehead atoms. The normalized spacial score (nSPS) is 42.5. The van der Waals surface area contributed by atoms with Gasteiger partial charge in [0.05, 0.1) is 13.2 Å². The topological polar surface area (TPSA) is 181 Å². The van der Waals surface area contributed by atoms with Crippen molar-refractivity contribution in [2.75, 3.05) is 18.9 Å². The van der Waals surface area contributed by atoms with Crippen LogP contribution < -0.4 is 11.4 Å². The average molecular weight is 345 g/mol. The molecule has 0 radical (unpaired) electrons. The monoisotopic (exact) mass is 345 g/mol.